The first-order valence-electron chi connectivity index (χ1n) is 14.2. The molecule has 8 nitrogen and oxygen atoms in total. The van der Waals surface area contributed by atoms with E-state index in [0.29, 0.717) is 51.4 Å². The normalized spacial score (nSPS) is 19.7. The summed E-state index contributed by atoms with van der Waals surface area (Å²) in [5.41, 5.74) is 4.59. The molecular weight excluding hydrogens is 507 g/mol. The highest BCUT2D eigenvalue weighted by molar-refractivity contribution is 5.97. The van der Waals surface area contributed by atoms with Crippen LogP contribution < -0.4 is 14.5 Å². The predicted octanol–water partition coefficient (Wildman–Crippen LogP) is 4.11. The van der Waals surface area contributed by atoms with Crippen molar-refractivity contribution in [1.29, 1.82) is 0 Å². The van der Waals surface area contributed by atoms with E-state index in [4.69, 9.17) is 14.7 Å². The highest BCUT2D eigenvalue weighted by atomic mass is 19.1. The number of fused-ring (bicyclic) bond motifs is 2. The van der Waals surface area contributed by atoms with E-state index in [0.717, 1.165) is 43.0 Å². The zero-order valence-electron chi connectivity index (χ0n) is 23.4. The lowest BCUT2D eigenvalue weighted by Gasteiger charge is -2.38. The van der Waals surface area contributed by atoms with Crippen molar-refractivity contribution in [3.8, 4) is 6.01 Å². The SMILES string of the molecule is C=C(F)C(=O)N1CCN(c2nc(OC[C@@H]3CCCN3C)nc3c2CCN(c2cccc4cccc(C)c24)C3)CC1. The summed E-state index contributed by atoms with van der Waals surface area (Å²) in [6.07, 6.45) is 3.09. The summed E-state index contributed by atoms with van der Waals surface area (Å²) < 4.78 is 19.7. The minimum absolute atomic E-state index is 0.363. The summed E-state index contributed by atoms with van der Waals surface area (Å²) in [7, 11) is 2.14. The van der Waals surface area contributed by atoms with Gasteiger partial charge in [0.1, 0.15) is 12.4 Å². The number of carbonyl (C=O) groups is 1. The quantitative estimate of drug-likeness (QED) is 0.433. The number of likely N-dealkylation sites (N-methyl/N-ethyl adjacent to an activating group) is 1. The molecular formula is C31H37FN6O2. The van der Waals surface area contributed by atoms with Crippen LogP contribution in [0.2, 0.25) is 0 Å². The summed E-state index contributed by atoms with van der Waals surface area (Å²) in [5.74, 6) is -0.668. The van der Waals surface area contributed by atoms with Gasteiger partial charge < -0.3 is 24.3 Å². The highest BCUT2D eigenvalue weighted by Gasteiger charge is 2.30. The lowest BCUT2D eigenvalue weighted by Crippen LogP contribution is -2.49. The number of likely N-dealkylation sites (tertiary alicyclic amines) is 1. The van der Waals surface area contributed by atoms with Crippen LogP contribution in [-0.2, 0) is 17.8 Å². The maximum atomic E-state index is 13.5. The average molecular weight is 545 g/mol. The number of nitrogens with zero attached hydrogens (tertiary/aromatic N) is 6. The van der Waals surface area contributed by atoms with Crippen LogP contribution in [0.4, 0.5) is 15.9 Å². The minimum Gasteiger partial charge on any atom is -0.462 e. The molecule has 0 aliphatic carbocycles. The van der Waals surface area contributed by atoms with Gasteiger partial charge in [0.2, 0.25) is 0 Å². The van der Waals surface area contributed by atoms with Crippen LogP contribution in [0.3, 0.4) is 0 Å². The smallest absolute Gasteiger partial charge is 0.318 e. The number of aromatic nitrogens is 2. The van der Waals surface area contributed by atoms with Crippen molar-refractivity contribution in [2.24, 2.45) is 0 Å². The van der Waals surface area contributed by atoms with Crippen LogP contribution in [-0.4, -0.2) is 84.6 Å². The van der Waals surface area contributed by atoms with Crippen LogP contribution in [0.15, 0.2) is 48.8 Å². The molecule has 3 aliphatic rings. The number of amides is 1. The summed E-state index contributed by atoms with van der Waals surface area (Å²) >= 11 is 0. The first-order chi connectivity index (χ1) is 19.4. The van der Waals surface area contributed by atoms with Crippen LogP contribution >= 0.6 is 0 Å². The lowest BCUT2D eigenvalue weighted by molar-refractivity contribution is -0.128. The van der Waals surface area contributed by atoms with Gasteiger partial charge in [0, 0.05) is 55.4 Å². The van der Waals surface area contributed by atoms with Gasteiger partial charge in [0.25, 0.3) is 5.91 Å². The Bertz CT molecular complexity index is 1430. The van der Waals surface area contributed by atoms with Crippen LogP contribution in [0, 0.1) is 6.92 Å². The molecule has 3 aliphatic heterocycles. The molecule has 2 fully saturated rings. The van der Waals surface area contributed by atoms with Gasteiger partial charge in [0.05, 0.1) is 12.2 Å². The zero-order chi connectivity index (χ0) is 27.8. The Morgan fingerprint density at radius 3 is 2.55 bits per heavy atom. The molecule has 2 aromatic carbocycles. The van der Waals surface area contributed by atoms with Crippen molar-refractivity contribution in [1.82, 2.24) is 19.8 Å². The number of halogens is 1. The molecule has 9 heteroatoms. The number of piperazine rings is 1. The first kappa shape index (κ1) is 26.5. The van der Waals surface area contributed by atoms with E-state index >= 15 is 0 Å². The molecule has 0 spiro atoms. The van der Waals surface area contributed by atoms with E-state index in [1.165, 1.54) is 33.3 Å². The standard InChI is InChI=1S/C31H37FN6O2/c1-21-7-4-8-23-9-5-11-27(28(21)23)38-14-12-25-26(19-38)33-31(40-20-24-10-6-13-35(24)3)34-29(25)36-15-17-37(18-16-36)30(39)22(2)32/h4-5,7-9,11,24H,2,6,10,12-20H2,1,3H3/t24-/m0/s1. The van der Waals surface area contributed by atoms with Crippen molar-refractivity contribution >= 4 is 28.2 Å². The van der Waals surface area contributed by atoms with Crippen molar-refractivity contribution in [2.45, 2.75) is 38.8 Å². The number of carbonyl (C=O) groups excluding carboxylic acids is 1. The fourth-order valence-electron chi connectivity index (χ4n) is 6.34. The van der Waals surface area contributed by atoms with Crippen LogP contribution in [0.25, 0.3) is 10.8 Å². The molecule has 210 valence electrons. The van der Waals surface area contributed by atoms with E-state index in [1.807, 2.05) is 0 Å². The van der Waals surface area contributed by atoms with Gasteiger partial charge in [-0.15, -0.1) is 0 Å². The molecule has 0 N–H and O–H groups in total. The Kier molecular flexibility index (Phi) is 7.31. The molecule has 40 heavy (non-hydrogen) atoms. The molecule has 0 saturated carbocycles. The Morgan fingerprint density at radius 1 is 1.05 bits per heavy atom. The van der Waals surface area contributed by atoms with Gasteiger partial charge in [-0.1, -0.05) is 36.9 Å². The van der Waals surface area contributed by atoms with Crippen molar-refractivity contribution in [3.63, 3.8) is 0 Å². The molecule has 1 atom stereocenters. The van der Waals surface area contributed by atoms with E-state index < -0.39 is 11.7 Å². The second kappa shape index (κ2) is 11.0. The van der Waals surface area contributed by atoms with Gasteiger partial charge in [-0.25, -0.2) is 4.39 Å². The summed E-state index contributed by atoms with van der Waals surface area (Å²) in [5, 5.41) is 2.51. The number of rotatable bonds is 6. The third-order valence-electron chi connectivity index (χ3n) is 8.63. The number of hydrogen-bond donors (Lipinski definition) is 0. The maximum absolute atomic E-state index is 13.5. The van der Waals surface area contributed by atoms with E-state index in [9.17, 15) is 9.18 Å². The molecule has 0 radical (unpaired) electrons. The second-order valence-electron chi connectivity index (χ2n) is 11.1. The Balaban J connectivity index is 1.30. The summed E-state index contributed by atoms with van der Waals surface area (Å²) in [6.45, 7) is 10.5. The van der Waals surface area contributed by atoms with Crippen LogP contribution in [0.1, 0.15) is 29.7 Å². The van der Waals surface area contributed by atoms with Gasteiger partial charge in [-0.3, -0.25) is 4.79 Å². The summed E-state index contributed by atoms with van der Waals surface area (Å²) in [6, 6.07) is 13.7. The fraction of sp³-hybridized carbons (Fsp3) is 0.452. The number of aryl methyl sites for hydroxylation is 1. The summed E-state index contributed by atoms with van der Waals surface area (Å²) in [4.78, 5) is 30.5. The molecule has 4 heterocycles. The molecule has 6 rings (SSSR count). The monoisotopic (exact) mass is 544 g/mol. The lowest BCUT2D eigenvalue weighted by atomic mass is 9.99. The Labute approximate surface area is 235 Å². The van der Waals surface area contributed by atoms with E-state index in [1.54, 1.807) is 0 Å². The van der Waals surface area contributed by atoms with E-state index in [2.05, 4.69) is 71.6 Å². The molecule has 1 aromatic heterocycles. The molecule has 2 saturated heterocycles. The van der Waals surface area contributed by atoms with Crippen LogP contribution in [0.5, 0.6) is 6.01 Å². The van der Waals surface area contributed by atoms with Crippen molar-refractivity contribution in [3.05, 3.63) is 65.6 Å². The number of anilines is 2. The van der Waals surface area contributed by atoms with Gasteiger partial charge in [0.15, 0.2) is 5.83 Å². The van der Waals surface area contributed by atoms with Gasteiger partial charge in [-0.2, -0.15) is 9.97 Å². The topological polar surface area (TPSA) is 65.0 Å². The number of ether oxygens (including phenoxy) is 1. The third-order valence-corrected chi connectivity index (χ3v) is 8.63. The maximum Gasteiger partial charge on any atom is 0.318 e. The number of hydrogen-bond acceptors (Lipinski definition) is 7. The first-order valence-corrected chi connectivity index (χ1v) is 14.2. The predicted molar refractivity (Wildman–Crippen MR) is 156 cm³/mol. The minimum atomic E-state index is -0.913. The second-order valence-corrected chi connectivity index (χ2v) is 11.1. The highest BCUT2D eigenvalue weighted by Crippen LogP contribution is 2.35. The molecule has 0 bridgehead atoms. The molecule has 1 amide bonds. The third kappa shape index (κ3) is 5.10. The van der Waals surface area contributed by atoms with E-state index in [-0.39, 0.29) is 0 Å². The number of benzene rings is 2. The Morgan fingerprint density at radius 2 is 1.82 bits per heavy atom. The fourth-order valence-corrected chi connectivity index (χ4v) is 6.34. The largest absolute Gasteiger partial charge is 0.462 e. The zero-order valence-corrected chi connectivity index (χ0v) is 23.4. The van der Waals surface area contributed by atoms with Crippen molar-refractivity contribution in [2.75, 3.05) is 62.7 Å². The van der Waals surface area contributed by atoms with Gasteiger partial charge >= 0.3 is 6.01 Å². The van der Waals surface area contributed by atoms with Crippen molar-refractivity contribution < 1.29 is 13.9 Å². The molecule has 3 aromatic rings. The average Bonchev–Trinajstić information content (AvgIpc) is 3.39. The Hall–Kier alpha value is -3.72. The molecule has 0 unspecified atom stereocenters. The van der Waals surface area contributed by atoms with Gasteiger partial charge in [-0.05, 0) is 56.8 Å².